The Balaban J connectivity index is 1.74. The molecule has 3 rings (SSSR count). The van der Waals surface area contributed by atoms with Gasteiger partial charge in [-0.05, 0) is 49.7 Å². The molecule has 1 heterocycles. The topological polar surface area (TPSA) is 34.2 Å². The fourth-order valence-electron chi connectivity index (χ4n) is 2.30. The van der Waals surface area contributed by atoms with Crippen molar-refractivity contribution in [2.24, 2.45) is 0 Å². The number of ether oxygens (including phenoxy) is 1. The lowest BCUT2D eigenvalue weighted by Crippen LogP contribution is -2.19. The van der Waals surface area contributed by atoms with Crippen LogP contribution in [0.1, 0.15) is 30.1 Å². The van der Waals surface area contributed by atoms with Gasteiger partial charge in [-0.15, -0.1) is 0 Å². The summed E-state index contributed by atoms with van der Waals surface area (Å²) in [7, 11) is 1.99. The second-order valence-electron chi connectivity index (χ2n) is 5.26. The van der Waals surface area contributed by atoms with Crippen LogP contribution >= 0.6 is 0 Å². The van der Waals surface area contributed by atoms with E-state index in [0.29, 0.717) is 6.10 Å². The molecule has 3 heteroatoms. The molecule has 1 N–H and O–H groups in total. The summed E-state index contributed by atoms with van der Waals surface area (Å²) in [4.78, 5) is 4.40. The van der Waals surface area contributed by atoms with Gasteiger partial charge in [0.1, 0.15) is 5.75 Å². The summed E-state index contributed by atoms with van der Waals surface area (Å²) < 4.78 is 5.87. The monoisotopic (exact) mass is 268 g/mol. The lowest BCUT2D eigenvalue weighted by atomic mass is 10.0. The Morgan fingerprint density at radius 2 is 2.15 bits per heavy atom. The Bertz CT molecular complexity index is 552. The van der Waals surface area contributed by atoms with E-state index >= 15 is 0 Å². The van der Waals surface area contributed by atoms with Gasteiger partial charge in [-0.2, -0.15) is 0 Å². The maximum Gasteiger partial charge on any atom is 0.120 e. The van der Waals surface area contributed by atoms with E-state index in [4.69, 9.17) is 4.74 Å². The molecule has 1 aliphatic rings. The van der Waals surface area contributed by atoms with E-state index in [-0.39, 0.29) is 6.04 Å². The highest BCUT2D eigenvalue weighted by atomic mass is 16.5. The molecule has 1 fully saturated rings. The molecule has 1 aromatic heterocycles. The van der Waals surface area contributed by atoms with Crippen LogP contribution < -0.4 is 10.1 Å². The molecule has 0 aliphatic heterocycles. The van der Waals surface area contributed by atoms with Crippen molar-refractivity contribution in [1.82, 2.24) is 10.3 Å². The second kappa shape index (κ2) is 6.06. The summed E-state index contributed by atoms with van der Waals surface area (Å²) in [6, 6.07) is 14.7. The van der Waals surface area contributed by atoms with Crippen molar-refractivity contribution in [1.29, 1.82) is 0 Å². The summed E-state index contributed by atoms with van der Waals surface area (Å²) in [5.41, 5.74) is 2.34. The summed E-state index contributed by atoms with van der Waals surface area (Å²) in [5, 5.41) is 3.37. The molecule has 0 amide bonds. The van der Waals surface area contributed by atoms with Gasteiger partial charge < -0.3 is 10.1 Å². The third-order valence-corrected chi connectivity index (χ3v) is 3.58. The van der Waals surface area contributed by atoms with E-state index in [1.165, 1.54) is 18.4 Å². The standard InChI is InChI=1S/C17H20N2O/c1-18-17(12-14-6-2-3-10-19-14)13-5-4-7-16(11-13)20-15-8-9-15/h2-7,10-11,15,17-18H,8-9,12H2,1H3. The van der Waals surface area contributed by atoms with Gasteiger partial charge in [-0.1, -0.05) is 18.2 Å². The SMILES string of the molecule is CNC(Cc1ccccn1)c1cccc(OC2CC2)c1. The highest BCUT2D eigenvalue weighted by Gasteiger charge is 2.23. The first-order chi connectivity index (χ1) is 9.85. The van der Waals surface area contributed by atoms with Gasteiger partial charge in [0.05, 0.1) is 6.10 Å². The predicted molar refractivity (Wildman–Crippen MR) is 79.8 cm³/mol. The Hall–Kier alpha value is -1.87. The zero-order chi connectivity index (χ0) is 13.8. The number of hydrogen-bond acceptors (Lipinski definition) is 3. The molecule has 2 aromatic rings. The molecule has 1 unspecified atom stereocenters. The van der Waals surface area contributed by atoms with Gasteiger partial charge in [-0.3, -0.25) is 4.98 Å². The molecule has 20 heavy (non-hydrogen) atoms. The van der Waals surface area contributed by atoms with Crippen LogP contribution in [0.3, 0.4) is 0 Å². The molecule has 0 saturated heterocycles. The van der Waals surface area contributed by atoms with Crippen LogP contribution in [0, 0.1) is 0 Å². The summed E-state index contributed by atoms with van der Waals surface area (Å²) >= 11 is 0. The van der Waals surface area contributed by atoms with Crippen molar-refractivity contribution in [3.05, 3.63) is 59.9 Å². The van der Waals surface area contributed by atoms with Crippen molar-refractivity contribution in [3.8, 4) is 5.75 Å². The highest BCUT2D eigenvalue weighted by Crippen LogP contribution is 2.28. The van der Waals surface area contributed by atoms with Gasteiger partial charge >= 0.3 is 0 Å². The van der Waals surface area contributed by atoms with E-state index in [1.54, 1.807) is 0 Å². The maximum atomic E-state index is 5.87. The summed E-state index contributed by atoms with van der Waals surface area (Å²) in [6.45, 7) is 0. The summed E-state index contributed by atoms with van der Waals surface area (Å²) in [6.07, 6.45) is 5.54. The molecule has 1 atom stereocenters. The van der Waals surface area contributed by atoms with Crippen molar-refractivity contribution < 1.29 is 4.74 Å². The average molecular weight is 268 g/mol. The molecule has 1 aromatic carbocycles. The zero-order valence-corrected chi connectivity index (χ0v) is 11.8. The first-order valence-corrected chi connectivity index (χ1v) is 7.19. The average Bonchev–Trinajstić information content (AvgIpc) is 3.30. The predicted octanol–water partition coefficient (Wildman–Crippen LogP) is 3.13. The number of aromatic nitrogens is 1. The normalized spacial score (nSPS) is 15.8. The molecular weight excluding hydrogens is 248 g/mol. The third kappa shape index (κ3) is 3.36. The van der Waals surface area contributed by atoms with Crippen LogP contribution in [0.25, 0.3) is 0 Å². The number of benzene rings is 1. The summed E-state index contributed by atoms with van der Waals surface area (Å²) in [5.74, 6) is 0.978. The Morgan fingerprint density at radius 1 is 1.25 bits per heavy atom. The fourth-order valence-corrected chi connectivity index (χ4v) is 2.30. The number of nitrogens with one attached hydrogen (secondary N) is 1. The van der Waals surface area contributed by atoms with E-state index in [9.17, 15) is 0 Å². The van der Waals surface area contributed by atoms with Crippen molar-refractivity contribution in [2.75, 3.05) is 7.05 Å². The smallest absolute Gasteiger partial charge is 0.120 e. The number of nitrogens with zero attached hydrogens (tertiary/aromatic N) is 1. The van der Waals surface area contributed by atoms with Crippen LogP contribution in [0.15, 0.2) is 48.7 Å². The first kappa shape index (κ1) is 13.1. The van der Waals surface area contributed by atoms with Crippen LogP contribution in [-0.4, -0.2) is 18.1 Å². The van der Waals surface area contributed by atoms with Gasteiger partial charge in [-0.25, -0.2) is 0 Å². The Labute approximate surface area is 120 Å². The lowest BCUT2D eigenvalue weighted by Gasteiger charge is -2.17. The minimum Gasteiger partial charge on any atom is -0.490 e. The molecule has 0 spiro atoms. The largest absolute Gasteiger partial charge is 0.490 e. The van der Waals surface area contributed by atoms with Crippen LogP contribution in [0.4, 0.5) is 0 Å². The number of rotatable bonds is 6. The molecule has 1 aliphatic carbocycles. The van der Waals surface area contributed by atoms with Crippen LogP contribution in [0.5, 0.6) is 5.75 Å². The highest BCUT2D eigenvalue weighted by molar-refractivity contribution is 5.31. The van der Waals surface area contributed by atoms with E-state index in [1.807, 2.05) is 31.4 Å². The maximum absolute atomic E-state index is 5.87. The van der Waals surface area contributed by atoms with Crippen LogP contribution in [0.2, 0.25) is 0 Å². The molecule has 104 valence electrons. The van der Waals surface area contributed by atoms with Gasteiger partial charge in [0.15, 0.2) is 0 Å². The number of likely N-dealkylation sites (N-methyl/N-ethyl adjacent to an activating group) is 1. The van der Waals surface area contributed by atoms with E-state index in [0.717, 1.165) is 17.9 Å². The minimum atomic E-state index is 0.257. The first-order valence-electron chi connectivity index (χ1n) is 7.19. The van der Waals surface area contributed by atoms with E-state index in [2.05, 4.69) is 34.6 Å². The van der Waals surface area contributed by atoms with Gasteiger partial charge in [0.2, 0.25) is 0 Å². The Morgan fingerprint density at radius 3 is 2.85 bits per heavy atom. The number of hydrogen-bond donors (Lipinski definition) is 1. The van der Waals surface area contributed by atoms with E-state index < -0.39 is 0 Å². The van der Waals surface area contributed by atoms with Gasteiger partial charge in [0.25, 0.3) is 0 Å². The minimum absolute atomic E-state index is 0.257. The molecule has 0 bridgehead atoms. The molecular formula is C17H20N2O. The fraction of sp³-hybridized carbons (Fsp3) is 0.353. The molecule has 1 saturated carbocycles. The van der Waals surface area contributed by atoms with Gasteiger partial charge in [0, 0.05) is 24.4 Å². The second-order valence-corrected chi connectivity index (χ2v) is 5.26. The molecule has 3 nitrogen and oxygen atoms in total. The Kier molecular flexibility index (Phi) is 3.97. The quantitative estimate of drug-likeness (QED) is 0.874. The third-order valence-electron chi connectivity index (χ3n) is 3.58. The zero-order valence-electron chi connectivity index (χ0n) is 11.8. The molecule has 0 radical (unpaired) electrons. The lowest BCUT2D eigenvalue weighted by molar-refractivity contribution is 0.302. The van der Waals surface area contributed by atoms with Crippen molar-refractivity contribution in [2.45, 2.75) is 31.4 Å². The van der Waals surface area contributed by atoms with Crippen molar-refractivity contribution >= 4 is 0 Å². The van der Waals surface area contributed by atoms with Crippen molar-refractivity contribution in [3.63, 3.8) is 0 Å². The number of pyridine rings is 1. The van der Waals surface area contributed by atoms with Crippen LogP contribution in [-0.2, 0) is 6.42 Å².